The van der Waals surface area contributed by atoms with Crippen molar-refractivity contribution in [2.75, 3.05) is 6.54 Å². The summed E-state index contributed by atoms with van der Waals surface area (Å²) < 4.78 is 27.2. The van der Waals surface area contributed by atoms with Gasteiger partial charge in [-0.05, 0) is 40.7 Å². The second-order valence-electron chi connectivity index (χ2n) is 5.66. The fourth-order valence-electron chi connectivity index (χ4n) is 1.70. The Hall–Kier alpha value is -0.920. The van der Waals surface area contributed by atoms with E-state index < -0.39 is 15.6 Å². The average molecular weight is 288 g/mol. The van der Waals surface area contributed by atoms with Crippen molar-refractivity contribution in [3.63, 3.8) is 0 Å². The molecule has 0 unspecified atom stereocenters. The van der Waals surface area contributed by atoms with E-state index >= 15 is 0 Å². The lowest BCUT2D eigenvalue weighted by Crippen LogP contribution is -2.41. The van der Waals surface area contributed by atoms with Crippen LogP contribution in [-0.4, -0.2) is 30.7 Å². The maximum Gasteiger partial charge on any atom is 0.260 e. The third-order valence-corrected chi connectivity index (χ3v) is 4.19. The van der Waals surface area contributed by atoms with Crippen LogP contribution in [0.4, 0.5) is 0 Å². The third-order valence-electron chi connectivity index (χ3n) is 2.46. The summed E-state index contributed by atoms with van der Waals surface area (Å²) in [4.78, 5) is 0. The van der Waals surface area contributed by atoms with E-state index in [1.165, 1.54) is 0 Å². The molecule has 0 saturated carbocycles. The molecule has 1 aromatic heterocycles. The first kappa shape index (κ1) is 16.1. The van der Waals surface area contributed by atoms with E-state index in [1.807, 2.05) is 6.92 Å². The number of nitrogens with zero attached hydrogens (tertiary/aromatic N) is 1. The van der Waals surface area contributed by atoms with Gasteiger partial charge in [0.15, 0.2) is 5.03 Å². The molecule has 3 N–H and O–H groups in total. The fourth-order valence-corrected chi connectivity index (χ4v) is 3.32. The summed E-state index contributed by atoms with van der Waals surface area (Å²) >= 11 is 0. The van der Waals surface area contributed by atoms with Crippen LogP contribution in [0.5, 0.6) is 0 Å². The van der Waals surface area contributed by atoms with Gasteiger partial charge < -0.3 is 5.32 Å². The zero-order valence-electron chi connectivity index (χ0n) is 12.3. The summed E-state index contributed by atoms with van der Waals surface area (Å²) in [6.07, 6.45) is 0.999. The predicted molar refractivity (Wildman–Crippen MR) is 75.4 cm³/mol. The summed E-state index contributed by atoms with van der Waals surface area (Å²) in [7, 11) is -3.60. The highest BCUT2D eigenvalue weighted by atomic mass is 32.2. The molecule has 6 nitrogen and oxygen atoms in total. The SMILES string of the molecule is CCCNCc1c(S(=O)(=O)NC(C)(C)C)n[nH]c1C. The zero-order valence-corrected chi connectivity index (χ0v) is 13.1. The highest BCUT2D eigenvalue weighted by Crippen LogP contribution is 2.18. The van der Waals surface area contributed by atoms with Crippen LogP contribution in [0, 0.1) is 6.92 Å². The van der Waals surface area contributed by atoms with Crippen LogP contribution in [0.3, 0.4) is 0 Å². The number of rotatable bonds is 6. The van der Waals surface area contributed by atoms with Crippen molar-refractivity contribution in [1.29, 1.82) is 0 Å². The van der Waals surface area contributed by atoms with E-state index in [4.69, 9.17) is 0 Å². The van der Waals surface area contributed by atoms with Crippen LogP contribution in [-0.2, 0) is 16.6 Å². The number of sulfonamides is 1. The molecule has 0 bridgehead atoms. The second kappa shape index (κ2) is 6.02. The van der Waals surface area contributed by atoms with E-state index in [1.54, 1.807) is 20.8 Å². The van der Waals surface area contributed by atoms with Crippen molar-refractivity contribution < 1.29 is 8.42 Å². The van der Waals surface area contributed by atoms with Crippen LogP contribution in [0.2, 0.25) is 0 Å². The van der Waals surface area contributed by atoms with Crippen molar-refractivity contribution in [1.82, 2.24) is 20.2 Å². The summed E-state index contributed by atoms with van der Waals surface area (Å²) in [5.74, 6) is 0. The van der Waals surface area contributed by atoms with Gasteiger partial charge >= 0.3 is 0 Å². The molecule has 1 aromatic rings. The first-order valence-corrected chi connectivity index (χ1v) is 7.94. The smallest absolute Gasteiger partial charge is 0.260 e. The molecule has 0 saturated heterocycles. The number of hydrogen-bond acceptors (Lipinski definition) is 4. The molecule has 0 amide bonds. The lowest BCUT2D eigenvalue weighted by Gasteiger charge is -2.19. The van der Waals surface area contributed by atoms with Gasteiger partial charge in [0, 0.05) is 23.3 Å². The van der Waals surface area contributed by atoms with E-state index in [9.17, 15) is 8.42 Å². The molecular weight excluding hydrogens is 264 g/mol. The quantitative estimate of drug-likeness (QED) is 0.689. The average Bonchev–Trinajstić information content (AvgIpc) is 2.58. The number of aromatic amines is 1. The third kappa shape index (κ3) is 4.59. The predicted octanol–water partition coefficient (Wildman–Crippen LogP) is 1.29. The number of aromatic nitrogens is 2. The largest absolute Gasteiger partial charge is 0.313 e. The number of H-pyrrole nitrogens is 1. The van der Waals surface area contributed by atoms with Crippen molar-refractivity contribution in [2.45, 2.75) is 58.1 Å². The highest BCUT2D eigenvalue weighted by molar-refractivity contribution is 7.89. The summed E-state index contributed by atoms with van der Waals surface area (Å²) in [5, 5.41) is 9.97. The lowest BCUT2D eigenvalue weighted by molar-refractivity contribution is 0.488. The molecule has 0 atom stereocenters. The number of nitrogens with one attached hydrogen (secondary N) is 3. The summed E-state index contributed by atoms with van der Waals surface area (Å²) in [5.41, 5.74) is 0.947. The fraction of sp³-hybridized carbons (Fsp3) is 0.750. The molecule has 0 aliphatic carbocycles. The molecule has 1 rings (SSSR count). The molecule has 0 aliphatic heterocycles. The first-order chi connectivity index (χ1) is 8.67. The Morgan fingerprint density at radius 2 is 1.95 bits per heavy atom. The Bertz CT molecular complexity index is 514. The molecule has 7 heteroatoms. The Labute approximate surface area is 115 Å². The minimum Gasteiger partial charge on any atom is -0.313 e. The highest BCUT2D eigenvalue weighted by Gasteiger charge is 2.27. The van der Waals surface area contributed by atoms with Gasteiger partial charge in [-0.25, -0.2) is 13.1 Å². The normalized spacial score (nSPS) is 12.9. The van der Waals surface area contributed by atoms with Gasteiger partial charge in [-0.2, -0.15) is 5.10 Å². The lowest BCUT2D eigenvalue weighted by atomic mass is 10.1. The van der Waals surface area contributed by atoms with Gasteiger partial charge in [0.2, 0.25) is 0 Å². The zero-order chi connectivity index (χ0) is 14.7. The van der Waals surface area contributed by atoms with E-state index in [2.05, 4.69) is 27.2 Å². The number of hydrogen-bond donors (Lipinski definition) is 3. The van der Waals surface area contributed by atoms with Gasteiger partial charge in [-0.3, -0.25) is 5.10 Å². The number of aryl methyl sites for hydroxylation is 1. The Morgan fingerprint density at radius 1 is 1.32 bits per heavy atom. The minimum absolute atomic E-state index is 0.0866. The summed E-state index contributed by atoms with van der Waals surface area (Å²) in [6, 6.07) is 0. The molecule has 1 heterocycles. The monoisotopic (exact) mass is 288 g/mol. The molecular formula is C12H24N4O2S. The first-order valence-electron chi connectivity index (χ1n) is 6.46. The topological polar surface area (TPSA) is 86.9 Å². The van der Waals surface area contributed by atoms with Crippen LogP contribution in [0.1, 0.15) is 45.4 Å². The van der Waals surface area contributed by atoms with Crippen molar-refractivity contribution in [2.24, 2.45) is 0 Å². The van der Waals surface area contributed by atoms with Crippen molar-refractivity contribution >= 4 is 10.0 Å². The van der Waals surface area contributed by atoms with Gasteiger partial charge in [-0.15, -0.1) is 0 Å². The maximum atomic E-state index is 12.3. The Balaban J connectivity index is 3.00. The molecule has 19 heavy (non-hydrogen) atoms. The van der Waals surface area contributed by atoms with E-state index in [0.717, 1.165) is 18.7 Å². The van der Waals surface area contributed by atoms with Crippen LogP contribution >= 0.6 is 0 Å². The molecule has 0 aliphatic rings. The van der Waals surface area contributed by atoms with Gasteiger partial charge in [0.25, 0.3) is 10.0 Å². The standard InChI is InChI=1S/C12H24N4O2S/c1-6-7-13-8-10-9(2)14-15-11(10)19(17,18)16-12(3,4)5/h13,16H,6-8H2,1-5H3,(H,14,15). The van der Waals surface area contributed by atoms with E-state index in [-0.39, 0.29) is 5.03 Å². The van der Waals surface area contributed by atoms with Gasteiger partial charge in [0.05, 0.1) is 0 Å². The van der Waals surface area contributed by atoms with Crippen LogP contribution < -0.4 is 10.0 Å². The Morgan fingerprint density at radius 3 is 2.47 bits per heavy atom. The van der Waals surface area contributed by atoms with Gasteiger partial charge in [-0.1, -0.05) is 6.92 Å². The van der Waals surface area contributed by atoms with E-state index in [0.29, 0.717) is 12.1 Å². The maximum absolute atomic E-state index is 12.3. The molecule has 0 radical (unpaired) electrons. The van der Waals surface area contributed by atoms with Crippen LogP contribution in [0.25, 0.3) is 0 Å². The summed E-state index contributed by atoms with van der Waals surface area (Å²) in [6.45, 7) is 10.6. The minimum atomic E-state index is -3.60. The molecule has 0 fully saturated rings. The van der Waals surface area contributed by atoms with Gasteiger partial charge in [0.1, 0.15) is 0 Å². The van der Waals surface area contributed by atoms with Crippen molar-refractivity contribution in [3.8, 4) is 0 Å². The molecule has 110 valence electrons. The molecule has 0 aromatic carbocycles. The molecule has 0 spiro atoms. The second-order valence-corrected chi connectivity index (χ2v) is 7.26. The van der Waals surface area contributed by atoms with Crippen LogP contribution in [0.15, 0.2) is 5.03 Å². The van der Waals surface area contributed by atoms with Crippen molar-refractivity contribution in [3.05, 3.63) is 11.3 Å². The Kier molecular flexibility index (Phi) is 5.11.